The van der Waals surface area contributed by atoms with E-state index in [2.05, 4.69) is 11.8 Å². The minimum atomic E-state index is -4.34. The van der Waals surface area contributed by atoms with Gasteiger partial charge in [-0.25, -0.2) is 0 Å². The van der Waals surface area contributed by atoms with Crippen LogP contribution in [0.1, 0.15) is 16.7 Å². The van der Waals surface area contributed by atoms with Crippen LogP contribution in [0.2, 0.25) is 0 Å². The predicted molar refractivity (Wildman–Crippen MR) is 58.6 cm³/mol. The van der Waals surface area contributed by atoms with E-state index in [4.69, 9.17) is 9.84 Å². The number of ether oxygens (including phenoxy) is 1. The maximum absolute atomic E-state index is 12.2. The van der Waals surface area contributed by atoms with Gasteiger partial charge in [0.05, 0.1) is 11.5 Å². The molecule has 1 atom stereocenters. The van der Waals surface area contributed by atoms with Gasteiger partial charge in [-0.3, -0.25) is 0 Å². The first kappa shape index (κ1) is 14.0. The lowest BCUT2D eigenvalue weighted by molar-refractivity contribution is -0.217. The van der Waals surface area contributed by atoms with Gasteiger partial charge in [0.15, 0.2) is 6.10 Å². The third kappa shape index (κ3) is 4.77. The molecular formula is C11H11F3O2S. The van der Waals surface area contributed by atoms with Gasteiger partial charge in [0.1, 0.15) is 6.61 Å². The van der Waals surface area contributed by atoms with Crippen molar-refractivity contribution in [3.8, 4) is 11.8 Å². The van der Waals surface area contributed by atoms with Crippen molar-refractivity contribution in [2.45, 2.75) is 25.8 Å². The van der Waals surface area contributed by atoms with E-state index in [1.54, 1.807) is 12.1 Å². The molecular weight excluding hydrogens is 253 g/mol. The lowest BCUT2D eigenvalue weighted by atomic mass is 10.4. The molecule has 2 nitrogen and oxygen atoms in total. The molecule has 1 unspecified atom stereocenters. The lowest BCUT2D eigenvalue weighted by Crippen LogP contribution is -2.28. The van der Waals surface area contributed by atoms with Gasteiger partial charge in [-0.05, 0) is 19.1 Å². The van der Waals surface area contributed by atoms with Crippen molar-refractivity contribution < 1.29 is 23.0 Å². The van der Waals surface area contributed by atoms with Crippen LogP contribution >= 0.6 is 11.3 Å². The third-order valence-corrected chi connectivity index (χ3v) is 2.86. The fourth-order valence-electron chi connectivity index (χ4n) is 0.951. The number of thiophene rings is 1. The van der Waals surface area contributed by atoms with Crippen LogP contribution < -0.4 is 0 Å². The first-order valence-corrected chi connectivity index (χ1v) is 5.62. The highest BCUT2D eigenvalue weighted by atomic mass is 32.1. The van der Waals surface area contributed by atoms with E-state index >= 15 is 0 Å². The molecule has 0 aliphatic rings. The molecule has 0 aliphatic heterocycles. The highest BCUT2D eigenvalue weighted by molar-refractivity contribution is 7.12. The zero-order chi connectivity index (χ0) is 12.9. The summed E-state index contributed by atoms with van der Waals surface area (Å²) >= 11 is 1.25. The molecule has 1 aromatic heterocycles. The van der Waals surface area contributed by atoms with E-state index in [1.165, 1.54) is 11.3 Å². The van der Waals surface area contributed by atoms with Crippen molar-refractivity contribution in [1.82, 2.24) is 0 Å². The van der Waals surface area contributed by atoms with Crippen LogP contribution in [0.15, 0.2) is 12.1 Å². The van der Waals surface area contributed by atoms with Crippen molar-refractivity contribution in [1.29, 1.82) is 0 Å². The quantitative estimate of drug-likeness (QED) is 0.850. The summed E-state index contributed by atoms with van der Waals surface area (Å²) in [5.41, 5.74) is 0. The van der Waals surface area contributed by atoms with Crippen molar-refractivity contribution in [2.24, 2.45) is 0 Å². The predicted octanol–water partition coefficient (Wildman–Crippen LogP) is 2.56. The largest absolute Gasteiger partial charge is 0.414 e. The summed E-state index contributed by atoms with van der Waals surface area (Å²) in [5.74, 6) is 5.14. The van der Waals surface area contributed by atoms with Gasteiger partial charge < -0.3 is 9.84 Å². The molecule has 0 aromatic carbocycles. The smallest absolute Gasteiger partial charge is 0.384 e. The molecule has 0 saturated carbocycles. The van der Waals surface area contributed by atoms with Crippen LogP contribution in [0.4, 0.5) is 13.2 Å². The number of hydrogen-bond donors (Lipinski definition) is 1. The number of aliphatic hydroxyl groups excluding tert-OH is 1. The zero-order valence-electron chi connectivity index (χ0n) is 9.04. The molecule has 0 fully saturated rings. The van der Waals surface area contributed by atoms with Crippen LogP contribution in [0, 0.1) is 11.8 Å². The standard InChI is InChI=1S/C11H11F3O2S/c1-8(11(12,13)14)16-7-10-5-4-9(17-10)3-2-6-15/h4-5,8,15H,6-7H2,1H3. The van der Waals surface area contributed by atoms with Crippen LogP contribution in [-0.2, 0) is 11.3 Å². The summed E-state index contributed by atoms with van der Waals surface area (Å²) in [6, 6.07) is 3.35. The van der Waals surface area contributed by atoms with Gasteiger partial charge in [-0.2, -0.15) is 13.2 Å². The Kier molecular flexibility index (Phi) is 5.00. The molecule has 94 valence electrons. The first-order chi connectivity index (χ1) is 7.93. The van der Waals surface area contributed by atoms with Gasteiger partial charge in [0.25, 0.3) is 0 Å². The minimum absolute atomic E-state index is 0.0911. The number of aliphatic hydroxyl groups is 1. The maximum atomic E-state index is 12.2. The van der Waals surface area contributed by atoms with Crippen molar-refractivity contribution >= 4 is 11.3 Å². The average molecular weight is 264 g/mol. The monoisotopic (exact) mass is 264 g/mol. The Hall–Kier alpha value is -1.03. The van der Waals surface area contributed by atoms with Gasteiger partial charge in [-0.15, -0.1) is 11.3 Å². The van der Waals surface area contributed by atoms with E-state index in [9.17, 15) is 13.2 Å². The molecule has 17 heavy (non-hydrogen) atoms. The molecule has 0 radical (unpaired) electrons. The van der Waals surface area contributed by atoms with E-state index in [0.29, 0.717) is 9.75 Å². The maximum Gasteiger partial charge on any atom is 0.414 e. The zero-order valence-corrected chi connectivity index (χ0v) is 9.86. The van der Waals surface area contributed by atoms with Crippen molar-refractivity contribution in [3.05, 3.63) is 21.9 Å². The Morgan fingerprint density at radius 1 is 1.47 bits per heavy atom. The Bertz CT molecular complexity index is 414. The summed E-state index contributed by atoms with van der Waals surface area (Å²) in [6.07, 6.45) is -6.12. The van der Waals surface area contributed by atoms with E-state index < -0.39 is 12.3 Å². The molecule has 0 bridgehead atoms. The third-order valence-electron chi connectivity index (χ3n) is 1.89. The molecule has 0 aliphatic carbocycles. The van der Waals surface area contributed by atoms with Gasteiger partial charge in [0, 0.05) is 4.88 Å². The molecule has 0 amide bonds. The Labute approximate surface area is 101 Å². The topological polar surface area (TPSA) is 29.5 Å². The van der Waals surface area contributed by atoms with Crippen LogP contribution in [-0.4, -0.2) is 24.0 Å². The number of rotatable bonds is 3. The average Bonchev–Trinajstić information content (AvgIpc) is 2.69. The summed E-state index contributed by atoms with van der Waals surface area (Å²) < 4.78 is 41.2. The molecule has 0 spiro atoms. The Balaban J connectivity index is 2.50. The Morgan fingerprint density at radius 3 is 2.76 bits per heavy atom. The second-order valence-electron chi connectivity index (χ2n) is 3.22. The molecule has 1 N–H and O–H groups in total. The number of halogens is 3. The van der Waals surface area contributed by atoms with Crippen LogP contribution in [0.25, 0.3) is 0 Å². The Morgan fingerprint density at radius 2 is 2.18 bits per heavy atom. The summed E-state index contributed by atoms with van der Waals surface area (Å²) in [7, 11) is 0. The number of alkyl halides is 3. The van der Waals surface area contributed by atoms with Gasteiger partial charge >= 0.3 is 6.18 Å². The van der Waals surface area contributed by atoms with Crippen LogP contribution in [0.3, 0.4) is 0 Å². The highest BCUT2D eigenvalue weighted by Crippen LogP contribution is 2.24. The number of hydrogen-bond acceptors (Lipinski definition) is 3. The van der Waals surface area contributed by atoms with Crippen LogP contribution in [0.5, 0.6) is 0 Å². The fourth-order valence-corrected chi connectivity index (χ4v) is 1.76. The minimum Gasteiger partial charge on any atom is -0.384 e. The summed E-state index contributed by atoms with van der Waals surface area (Å²) in [4.78, 5) is 1.36. The molecule has 1 heterocycles. The van der Waals surface area contributed by atoms with Gasteiger partial charge in [-0.1, -0.05) is 11.8 Å². The SMILES string of the molecule is CC(OCc1ccc(C#CCO)s1)C(F)(F)F. The van der Waals surface area contributed by atoms with Crippen molar-refractivity contribution in [2.75, 3.05) is 6.61 Å². The molecule has 6 heteroatoms. The molecule has 1 rings (SSSR count). The molecule has 0 saturated heterocycles. The normalized spacial score (nSPS) is 13.0. The fraction of sp³-hybridized carbons (Fsp3) is 0.455. The van der Waals surface area contributed by atoms with E-state index in [1.807, 2.05) is 0 Å². The first-order valence-electron chi connectivity index (χ1n) is 4.80. The van der Waals surface area contributed by atoms with Gasteiger partial charge in [0.2, 0.25) is 0 Å². The lowest BCUT2D eigenvalue weighted by Gasteiger charge is -2.15. The summed E-state index contributed by atoms with van der Waals surface area (Å²) in [5, 5.41) is 8.48. The van der Waals surface area contributed by atoms with E-state index in [0.717, 1.165) is 6.92 Å². The highest BCUT2D eigenvalue weighted by Gasteiger charge is 2.36. The van der Waals surface area contributed by atoms with E-state index in [-0.39, 0.29) is 13.2 Å². The molecule has 1 aromatic rings. The second-order valence-corrected chi connectivity index (χ2v) is 4.39. The summed E-state index contributed by atoms with van der Waals surface area (Å²) in [6.45, 7) is 0.640. The van der Waals surface area contributed by atoms with Crippen molar-refractivity contribution in [3.63, 3.8) is 0 Å². The second kappa shape index (κ2) is 6.05.